The van der Waals surface area contributed by atoms with Crippen LogP contribution in [-0.4, -0.2) is 41.0 Å². The normalized spacial score (nSPS) is 16.2. The summed E-state index contributed by atoms with van der Waals surface area (Å²) in [5.41, 5.74) is 1.21. The number of amides is 1. The van der Waals surface area contributed by atoms with Crippen LogP contribution in [0.4, 0.5) is 0 Å². The van der Waals surface area contributed by atoms with E-state index in [0.29, 0.717) is 6.54 Å². The van der Waals surface area contributed by atoms with E-state index >= 15 is 0 Å². The number of carbonyl (C=O) groups excluding carboxylic acids is 1. The summed E-state index contributed by atoms with van der Waals surface area (Å²) in [6.07, 6.45) is 0.896. The molecule has 98 valence electrons. The number of fused-ring (bicyclic) bond motifs is 1. The minimum atomic E-state index is -0.943. The first-order valence-corrected chi connectivity index (χ1v) is 6.75. The Kier molecular flexibility index (Phi) is 3.98. The van der Waals surface area contributed by atoms with Crippen LogP contribution in [0.5, 0.6) is 0 Å². The summed E-state index contributed by atoms with van der Waals surface area (Å²) in [4.78, 5) is 25.7. The number of carboxylic acids is 1. The molecule has 0 unspecified atom stereocenters. The van der Waals surface area contributed by atoms with Gasteiger partial charge >= 0.3 is 5.97 Å². The van der Waals surface area contributed by atoms with Crippen molar-refractivity contribution in [2.75, 3.05) is 13.1 Å². The van der Waals surface area contributed by atoms with Crippen molar-refractivity contribution in [3.8, 4) is 0 Å². The fourth-order valence-electron chi connectivity index (χ4n) is 1.90. The molecular weight excluding hydrogens is 252 g/mol. The van der Waals surface area contributed by atoms with Gasteiger partial charge in [-0.3, -0.25) is 14.9 Å². The number of nitrogens with one attached hydrogen (secondary N) is 1. The zero-order valence-electron chi connectivity index (χ0n) is 10.2. The highest BCUT2D eigenvalue weighted by molar-refractivity contribution is 7.10. The summed E-state index contributed by atoms with van der Waals surface area (Å²) in [6, 6.07) is 1.35. The number of rotatable bonds is 4. The average molecular weight is 268 g/mol. The molecule has 1 aliphatic rings. The van der Waals surface area contributed by atoms with Gasteiger partial charge in [-0.05, 0) is 30.4 Å². The van der Waals surface area contributed by atoms with Gasteiger partial charge in [0.25, 0.3) is 0 Å². The zero-order valence-corrected chi connectivity index (χ0v) is 11.0. The monoisotopic (exact) mass is 268 g/mol. The average Bonchev–Trinajstić information content (AvgIpc) is 2.82. The Morgan fingerprint density at radius 2 is 2.39 bits per heavy atom. The Bertz CT molecular complexity index is 458. The molecule has 0 fully saturated rings. The van der Waals surface area contributed by atoms with Crippen LogP contribution < -0.4 is 5.32 Å². The number of nitrogens with zero attached hydrogens (tertiary/aromatic N) is 1. The van der Waals surface area contributed by atoms with Crippen LogP contribution in [-0.2, 0) is 22.6 Å². The largest absolute Gasteiger partial charge is 0.480 e. The van der Waals surface area contributed by atoms with E-state index in [0.717, 1.165) is 13.0 Å². The third kappa shape index (κ3) is 2.88. The van der Waals surface area contributed by atoms with Crippen LogP contribution in [0.2, 0.25) is 0 Å². The number of aliphatic carboxylic acids is 1. The summed E-state index contributed by atoms with van der Waals surface area (Å²) in [5, 5.41) is 13.5. The van der Waals surface area contributed by atoms with Crippen molar-refractivity contribution in [3.05, 3.63) is 21.9 Å². The summed E-state index contributed by atoms with van der Waals surface area (Å²) in [5.74, 6) is -0.985. The topological polar surface area (TPSA) is 69.6 Å². The van der Waals surface area contributed by atoms with E-state index in [1.54, 1.807) is 16.2 Å². The van der Waals surface area contributed by atoms with Gasteiger partial charge in [0.2, 0.25) is 5.91 Å². The lowest BCUT2D eigenvalue weighted by Crippen LogP contribution is -2.44. The van der Waals surface area contributed by atoms with Crippen LogP contribution in [0, 0.1) is 0 Å². The Morgan fingerprint density at radius 3 is 3.11 bits per heavy atom. The molecule has 0 saturated heterocycles. The molecule has 5 nitrogen and oxygen atoms in total. The van der Waals surface area contributed by atoms with Gasteiger partial charge in [0.05, 0.1) is 6.54 Å². The molecule has 0 aliphatic carbocycles. The lowest BCUT2D eigenvalue weighted by molar-refractivity contribution is -0.139. The summed E-state index contributed by atoms with van der Waals surface area (Å²) in [6.45, 7) is 2.96. The molecule has 1 atom stereocenters. The van der Waals surface area contributed by atoms with Crippen molar-refractivity contribution >= 4 is 23.2 Å². The van der Waals surface area contributed by atoms with Crippen LogP contribution >= 0.6 is 11.3 Å². The van der Waals surface area contributed by atoms with E-state index in [-0.39, 0.29) is 12.5 Å². The van der Waals surface area contributed by atoms with Gasteiger partial charge in [0, 0.05) is 18.0 Å². The van der Waals surface area contributed by atoms with E-state index in [9.17, 15) is 9.59 Å². The molecule has 0 saturated carbocycles. The minimum absolute atomic E-state index is 0.0417. The first-order valence-electron chi connectivity index (χ1n) is 5.87. The maximum absolute atomic E-state index is 11.9. The lowest BCUT2D eigenvalue weighted by atomic mass is 10.1. The van der Waals surface area contributed by atoms with Crippen molar-refractivity contribution in [1.82, 2.24) is 10.2 Å². The molecular formula is C12H16N2O3S. The number of carboxylic acid groups (broad SMARTS) is 1. The van der Waals surface area contributed by atoms with Gasteiger partial charge in [-0.15, -0.1) is 11.3 Å². The lowest BCUT2D eigenvalue weighted by Gasteiger charge is -2.27. The molecule has 0 spiro atoms. The van der Waals surface area contributed by atoms with Crippen molar-refractivity contribution < 1.29 is 14.7 Å². The highest BCUT2D eigenvalue weighted by atomic mass is 32.1. The summed E-state index contributed by atoms with van der Waals surface area (Å²) >= 11 is 1.73. The van der Waals surface area contributed by atoms with Crippen molar-refractivity contribution in [1.29, 1.82) is 0 Å². The zero-order chi connectivity index (χ0) is 13.1. The second-order valence-electron chi connectivity index (χ2n) is 4.38. The van der Waals surface area contributed by atoms with E-state index in [1.807, 2.05) is 11.4 Å². The summed E-state index contributed by atoms with van der Waals surface area (Å²) < 4.78 is 0. The smallest absolute Gasteiger partial charge is 0.320 e. The van der Waals surface area contributed by atoms with E-state index in [2.05, 4.69) is 5.32 Å². The molecule has 2 rings (SSSR count). The van der Waals surface area contributed by atoms with Gasteiger partial charge in [0.15, 0.2) is 0 Å². The van der Waals surface area contributed by atoms with Crippen LogP contribution in [0.1, 0.15) is 17.4 Å². The second kappa shape index (κ2) is 5.49. The Balaban J connectivity index is 1.86. The molecule has 2 heterocycles. The molecule has 6 heteroatoms. The molecule has 1 aromatic heterocycles. The molecule has 0 aromatic carbocycles. The summed E-state index contributed by atoms with van der Waals surface area (Å²) in [7, 11) is 0. The number of carbonyl (C=O) groups is 2. The van der Waals surface area contributed by atoms with Crippen LogP contribution in [0.15, 0.2) is 11.4 Å². The maximum atomic E-state index is 11.9. The van der Waals surface area contributed by atoms with Gasteiger partial charge in [-0.1, -0.05) is 0 Å². The third-order valence-corrected chi connectivity index (χ3v) is 4.11. The SMILES string of the molecule is C[C@@H](NCC(=O)N1CCc2sccc2C1)C(=O)O. The number of hydrogen-bond acceptors (Lipinski definition) is 4. The van der Waals surface area contributed by atoms with Crippen molar-refractivity contribution in [3.63, 3.8) is 0 Å². The molecule has 2 N–H and O–H groups in total. The van der Waals surface area contributed by atoms with Gasteiger partial charge in [-0.2, -0.15) is 0 Å². The van der Waals surface area contributed by atoms with E-state index < -0.39 is 12.0 Å². The van der Waals surface area contributed by atoms with Crippen molar-refractivity contribution in [2.24, 2.45) is 0 Å². The molecule has 0 bridgehead atoms. The first kappa shape index (κ1) is 13.0. The van der Waals surface area contributed by atoms with Crippen LogP contribution in [0.25, 0.3) is 0 Å². The highest BCUT2D eigenvalue weighted by Crippen LogP contribution is 2.23. The molecule has 1 amide bonds. The second-order valence-corrected chi connectivity index (χ2v) is 5.38. The Morgan fingerprint density at radius 1 is 1.61 bits per heavy atom. The first-order chi connectivity index (χ1) is 8.58. The fraction of sp³-hybridized carbons (Fsp3) is 0.500. The van der Waals surface area contributed by atoms with Gasteiger partial charge in [-0.25, -0.2) is 0 Å². The predicted octanol–water partition coefficient (Wildman–Crippen LogP) is 0.696. The maximum Gasteiger partial charge on any atom is 0.320 e. The predicted molar refractivity (Wildman–Crippen MR) is 68.5 cm³/mol. The fourth-order valence-corrected chi connectivity index (χ4v) is 2.79. The Hall–Kier alpha value is -1.40. The van der Waals surface area contributed by atoms with Crippen molar-refractivity contribution in [2.45, 2.75) is 25.9 Å². The van der Waals surface area contributed by atoms with Crippen LogP contribution in [0.3, 0.4) is 0 Å². The van der Waals surface area contributed by atoms with E-state index in [4.69, 9.17) is 5.11 Å². The minimum Gasteiger partial charge on any atom is -0.480 e. The molecule has 0 radical (unpaired) electrons. The van der Waals surface area contributed by atoms with Gasteiger partial charge in [0.1, 0.15) is 6.04 Å². The standard InChI is InChI=1S/C12H16N2O3S/c1-8(12(16)17)13-6-11(15)14-4-2-10-9(7-14)3-5-18-10/h3,5,8,13H,2,4,6-7H2,1H3,(H,16,17)/t8-/m1/s1. The van der Waals surface area contributed by atoms with Gasteiger partial charge < -0.3 is 10.0 Å². The number of thiophene rings is 1. The third-order valence-electron chi connectivity index (χ3n) is 3.09. The van der Waals surface area contributed by atoms with E-state index in [1.165, 1.54) is 17.4 Å². The highest BCUT2D eigenvalue weighted by Gasteiger charge is 2.22. The Labute approximate surface area is 109 Å². The molecule has 18 heavy (non-hydrogen) atoms. The quantitative estimate of drug-likeness (QED) is 0.843. The molecule has 1 aromatic rings. The molecule has 1 aliphatic heterocycles. The number of hydrogen-bond donors (Lipinski definition) is 2.